The molecule has 0 rings (SSSR count). The van der Waals surface area contributed by atoms with E-state index in [9.17, 15) is 4.79 Å². The molecule has 1 unspecified atom stereocenters. The summed E-state index contributed by atoms with van der Waals surface area (Å²) in [5.74, 6) is -0.391. The van der Waals surface area contributed by atoms with Crippen LogP contribution in [0.5, 0.6) is 0 Å². The van der Waals surface area contributed by atoms with Gasteiger partial charge in [-0.05, 0) is 6.42 Å². The van der Waals surface area contributed by atoms with E-state index in [4.69, 9.17) is 16.2 Å². The van der Waals surface area contributed by atoms with Crippen LogP contribution in [-0.2, 0) is 9.53 Å². The van der Waals surface area contributed by atoms with Crippen LogP contribution in [0.25, 0.3) is 0 Å². The van der Waals surface area contributed by atoms with Crippen molar-refractivity contribution < 1.29 is 9.53 Å². The van der Waals surface area contributed by atoms with Crippen molar-refractivity contribution >= 4 is 5.97 Å². The summed E-state index contributed by atoms with van der Waals surface area (Å²) in [5.41, 5.74) is 10.3. The first-order valence-corrected chi connectivity index (χ1v) is 3.34. The van der Waals surface area contributed by atoms with Crippen molar-refractivity contribution in [3.8, 4) is 0 Å². The van der Waals surface area contributed by atoms with E-state index in [1.807, 2.05) is 6.92 Å². The minimum Gasteiger partial charge on any atom is -0.460 e. The molecule has 10 heavy (non-hydrogen) atoms. The van der Waals surface area contributed by atoms with E-state index >= 15 is 0 Å². The van der Waals surface area contributed by atoms with Crippen LogP contribution in [0.3, 0.4) is 0 Å². The number of carbonyl (C=O) groups excluding carboxylic acids is 1. The topological polar surface area (TPSA) is 78.3 Å². The van der Waals surface area contributed by atoms with E-state index in [1.165, 1.54) is 0 Å². The van der Waals surface area contributed by atoms with Gasteiger partial charge in [-0.25, -0.2) is 0 Å². The van der Waals surface area contributed by atoms with E-state index in [0.717, 1.165) is 6.42 Å². The molecule has 0 aliphatic heterocycles. The Balaban J connectivity index is 3.52. The minimum absolute atomic E-state index is 0.0729. The third-order valence-corrected chi connectivity index (χ3v) is 1.18. The minimum atomic E-state index is -0.391. The Morgan fingerprint density at radius 3 is 2.50 bits per heavy atom. The number of hydrogen-bond acceptors (Lipinski definition) is 4. The van der Waals surface area contributed by atoms with Gasteiger partial charge in [0.1, 0.15) is 6.10 Å². The SMILES string of the molecule is CCC(CN)OC(=O)CN. The lowest BCUT2D eigenvalue weighted by Crippen LogP contribution is -2.29. The van der Waals surface area contributed by atoms with E-state index in [0.29, 0.717) is 6.54 Å². The molecule has 0 fully saturated rings. The molecule has 0 saturated carbocycles. The van der Waals surface area contributed by atoms with Gasteiger partial charge in [-0.3, -0.25) is 4.79 Å². The fourth-order valence-electron chi connectivity index (χ4n) is 0.532. The predicted molar refractivity (Wildman–Crippen MR) is 38.3 cm³/mol. The van der Waals surface area contributed by atoms with Crippen LogP contribution in [0.2, 0.25) is 0 Å². The van der Waals surface area contributed by atoms with Crippen molar-refractivity contribution in [2.45, 2.75) is 19.4 Å². The molecule has 4 nitrogen and oxygen atoms in total. The van der Waals surface area contributed by atoms with Crippen LogP contribution in [0.1, 0.15) is 13.3 Å². The molecule has 0 aliphatic carbocycles. The van der Waals surface area contributed by atoms with Gasteiger partial charge in [0.25, 0.3) is 0 Å². The van der Waals surface area contributed by atoms with Crippen LogP contribution in [0, 0.1) is 0 Å². The average molecular weight is 146 g/mol. The lowest BCUT2D eigenvalue weighted by atomic mass is 10.3. The maximum Gasteiger partial charge on any atom is 0.320 e. The smallest absolute Gasteiger partial charge is 0.320 e. The van der Waals surface area contributed by atoms with Gasteiger partial charge in [-0.2, -0.15) is 0 Å². The second kappa shape index (κ2) is 5.20. The van der Waals surface area contributed by atoms with Crippen molar-refractivity contribution in [1.82, 2.24) is 0 Å². The molecule has 0 aromatic heterocycles. The molecule has 0 aromatic carbocycles. The fourth-order valence-corrected chi connectivity index (χ4v) is 0.532. The summed E-state index contributed by atoms with van der Waals surface area (Å²) in [5, 5.41) is 0. The highest BCUT2D eigenvalue weighted by molar-refractivity contribution is 5.71. The highest BCUT2D eigenvalue weighted by Gasteiger charge is 2.07. The van der Waals surface area contributed by atoms with Gasteiger partial charge in [-0.1, -0.05) is 6.92 Å². The Morgan fingerprint density at radius 2 is 2.20 bits per heavy atom. The summed E-state index contributed by atoms with van der Waals surface area (Å²) in [6.07, 6.45) is 0.568. The molecule has 60 valence electrons. The Hall–Kier alpha value is -0.610. The van der Waals surface area contributed by atoms with E-state index < -0.39 is 5.97 Å². The quantitative estimate of drug-likeness (QED) is 0.510. The molecule has 0 radical (unpaired) electrons. The predicted octanol–water partition coefficient (Wildman–Crippen LogP) is -0.774. The van der Waals surface area contributed by atoms with Gasteiger partial charge in [0, 0.05) is 6.54 Å². The largest absolute Gasteiger partial charge is 0.460 e. The normalized spacial score (nSPS) is 12.7. The van der Waals surface area contributed by atoms with Crippen LogP contribution in [0.15, 0.2) is 0 Å². The van der Waals surface area contributed by atoms with Crippen molar-refractivity contribution in [2.75, 3.05) is 13.1 Å². The molecular formula is C6H14N2O2. The number of esters is 1. The third kappa shape index (κ3) is 3.42. The first kappa shape index (κ1) is 9.39. The summed E-state index contributed by atoms with van der Waals surface area (Å²) in [4.78, 5) is 10.5. The van der Waals surface area contributed by atoms with Gasteiger partial charge < -0.3 is 16.2 Å². The molecular weight excluding hydrogens is 132 g/mol. The first-order chi connectivity index (χ1) is 4.74. The zero-order valence-electron chi connectivity index (χ0n) is 6.17. The summed E-state index contributed by atoms with van der Waals surface area (Å²) in [6.45, 7) is 2.19. The summed E-state index contributed by atoms with van der Waals surface area (Å²) in [6, 6.07) is 0. The molecule has 0 aliphatic rings. The van der Waals surface area contributed by atoms with Crippen LogP contribution >= 0.6 is 0 Å². The number of rotatable bonds is 4. The third-order valence-electron chi connectivity index (χ3n) is 1.18. The molecule has 4 N–H and O–H groups in total. The second-order valence-electron chi connectivity index (χ2n) is 1.96. The standard InChI is InChI=1S/C6H14N2O2/c1-2-5(3-7)10-6(9)4-8/h5H,2-4,7-8H2,1H3. The number of ether oxygens (including phenoxy) is 1. The van der Waals surface area contributed by atoms with Gasteiger partial charge in [0.2, 0.25) is 0 Å². The van der Waals surface area contributed by atoms with Gasteiger partial charge >= 0.3 is 5.97 Å². The first-order valence-electron chi connectivity index (χ1n) is 3.34. The van der Waals surface area contributed by atoms with E-state index in [2.05, 4.69) is 0 Å². The van der Waals surface area contributed by atoms with Gasteiger partial charge in [-0.15, -0.1) is 0 Å². The lowest BCUT2D eigenvalue weighted by Gasteiger charge is -2.12. The van der Waals surface area contributed by atoms with E-state index in [1.54, 1.807) is 0 Å². The fraction of sp³-hybridized carbons (Fsp3) is 0.833. The molecule has 0 heterocycles. The molecule has 0 bridgehead atoms. The lowest BCUT2D eigenvalue weighted by molar-refractivity contribution is -0.146. The maximum absolute atomic E-state index is 10.5. The van der Waals surface area contributed by atoms with Crippen molar-refractivity contribution in [2.24, 2.45) is 11.5 Å². The summed E-state index contributed by atoms with van der Waals surface area (Å²) < 4.78 is 4.81. The Morgan fingerprint density at radius 1 is 1.60 bits per heavy atom. The zero-order valence-corrected chi connectivity index (χ0v) is 6.17. The van der Waals surface area contributed by atoms with Crippen LogP contribution < -0.4 is 11.5 Å². The van der Waals surface area contributed by atoms with Gasteiger partial charge in [0.15, 0.2) is 0 Å². The van der Waals surface area contributed by atoms with Crippen LogP contribution in [0.4, 0.5) is 0 Å². The van der Waals surface area contributed by atoms with E-state index in [-0.39, 0.29) is 12.6 Å². The maximum atomic E-state index is 10.5. The highest BCUT2D eigenvalue weighted by Crippen LogP contribution is 1.94. The zero-order chi connectivity index (χ0) is 7.98. The second-order valence-corrected chi connectivity index (χ2v) is 1.96. The van der Waals surface area contributed by atoms with Gasteiger partial charge in [0.05, 0.1) is 6.54 Å². The summed E-state index contributed by atoms with van der Waals surface area (Å²) in [7, 11) is 0. The number of nitrogens with two attached hydrogens (primary N) is 2. The van der Waals surface area contributed by atoms with Crippen molar-refractivity contribution in [1.29, 1.82) is 0 Å². The molecule has 0 spiro atoms. The Labute approximate surface area is 60.5 Å². The Kier molecular flexibility index (Phi) is 4.88. The monoisotopic (exact) mass is 146 g/mol. The summed E-state index contributed by atoms with van der Waals surface area (Å²) >= 11 is 0. The van der Waals surface area contributed by atoms with Crippen LogP contribution in [-0.4, -0.2) is 25.2 Å². The molecule has 0 saturated heterocycles. The van der Waals surface area contributed by atoms with Crippen molar-refractivity contribution in [3.63, 3.8) is 0 Å². The average Bonchev–Trinajstić information content (AvgIpc) is 1.99. The Bertz CT molecular complexity index is 102. The highest BCUT2D eigenvalue weighted by atomic mass is 16.5. The number of carbonyl (C=O) groups is 1. The molecule has 0 aromatic rings. The number of hydrogen-bond donors (Lipinski definition) is 2. The molecule has 0 amide bonds. The van der Waals surface area contributed by atoms with Crippen molar-refractivity contribution in [3.05, 3.63) is 0 Å². The molecule has 4 heteroatoms. The molecule has 1 atom stereocenters.